The smallest absolute Gasteiger partial charge is 0.184 e. The molecule has 0 amide bonds. The molecule has 4 rings (SSSR count). The van der Waals surface area contributed by atoms with Crippen molar-refractivity contribution >= 4 is 11.6 Å². The van der Waals surface area contributed by atoms with Crippen LogP contribution in [0.3, 0.4) is 0 Å². The van der Waals surface area contributed by atoms with Crippen molar-refractivity contribution in [2.24, 2.45) is 17.8 Å². The molecule has 2 aromatic rings. The van der Waals surface area contributed by atoms with Crippen molar-refractivity contribution in [1.82, 2.24) is 0 Å². The van der Waals surface area contributed by atoms with Gasteiger partial charge in [-0.2, -0.15) is 0 Å². The topological polar surface area (TPSA) is 9.23 Å². The summed E-state index contributed by atoms with van der Waals surface area (Å²) in [5, 5.41) is 0.137. The third-order valence-electron chi connectivity index (χ3n) is 8.07. The van der Waals surface area contributed by atoms with Crippen molar-refractivity contribution in [2.75, 3.05) is 6.61 Å². The molecule has 0 spiro atoms. The van der Waals surface area contributed by atoms with Crippen molar-refractivity contribution in [3.05, 3.63) is 52.8 Å². The molecular weight excluding hydrogens is 419 g/mol. The number of hydrogen-bond acceptors (Lipinski definition) is 1. The second kappa shape index (κ2) is 11.1. The van der Waals surface area contributed by atoms with Crippen LogP contribution in [0.25, 0.3) is 11.1 Å². The normalized spacial score (nSPS) is 26.1. The first-order chi connectivity index (χ1) is 15.6. The van der Waals surface area contributed by atoms with Gasteiger partial charge in [0.1, 0.15) is 0 Å². The van der Waals surface area contributed by atoms with E-state index in [-0.39, 0.29) is 10.8 Å². The van der Waals surface area contributed by atoms with Gasteiger partial charge in [0.15, 0.2) is 11.6 Å². The Kier molecular flexibility index (Phi) is 8.16. The Bertz CT molecular complexity index is 861. The highest BCUT2D eigenvalue weighted by Gasteiger charge is 2.31. The molecule has 0 N–H and O–H groups in total. The van der Waals surface area contributed by atoms with Crippen molar-refractivity contribution in [1.29, 1.82) is 0 Å². The average molecular weight is 457 g/mol. The Morgan fingerprint density at radius 3 is 2.06 bits per heavy atom. The Balaban J connectivity index is 1.34. The van der Waals surface area contributed by atoms with Crippen molar-refractivity contribution < 1.29 is 9.13 Å². The van der Waals surface area contributed by atoms with E-state index in [0.717, 1.165) is 28.9 Å². The van der Waals surface area contributed by atoms with Gasteiger partial charge in [0.05, 0.1) is 11.6 Å². The highest BCUT2D eigenvalue weighted by Crippen LogP contribution is 2.45. The Hall–Kier alpha value is -1.54. The molecule has 0 aliphatic heterocycles. The van der Waals surface area contributed by atoms with Gasteiger partial charge in [-0.05, 0) is 92.4 Å². The minimum atomic E-state index is -0.475. The predicted molar refractivity (Wildman–Crippen MR) is 133 cm³/mol. The van der Waals surface area contributed by atoms with Crippen molar-refractivity contribution in [2.45, 2.75) is 84.0 Å². The third kappa shape index (κ3) is 5.33. The summed E-state index contributed by atoms with van der Waals surface area (Å²) in [7, 11) is 0. The van der Waals surface area contributed by atoms with Crippen LogP contribution < -0.4 is 4.74 Å². The molecule has 2 aromatic carbocycles. The maximum absolute atomic E-state index is 14.5. The molecule has 0 radical (unpaired) electrons. The zero-order chi connectivity index (χ0) is 22.5. The van der Waals surface area contributed by atoms with Crippen LogP contribution in [-0.4, -0.2) is 6.61 Å². The van der Waals surface area contributed by atoms with Crippen LogP contribution in [0.15, 0.2) is 36.4 Å². The first kappa shape index (κ1) is 23.6. The van der Waals surface area contributed by atoms with Gasteiger partial charge in [-0.15, -0.1) is 0 Å². The van der Waals surface area contributed by atoms with Crippen LogP contribution in [-0.2, 0) is 0 Å². The Labute approximate surface area is 198 Å². The van der Waals surface area contributed by atoms with Gasteiger partial charge in [-0.1, -0.05) is 68.5 Å². The van der Waals surface area contributed by atoms with Crippen LogP contribution >= 0.6 is 11.6 Å². The lowest BCUT2D eigenvalue weighted by molar-refractivity contribution is 0.156. The van der Waals surface area contributed by atoms with Gasteiger partial charge in [0, 0.05) is 5.56 Å². The number of rotatable bonds is 7. The summed E-state index contributed by atoms with van der Waals surface area (Å²) >= 11 is 6.32. The van der Waals surface area contributed by atoms with Crippen LogP contribution in [0.2, 0.25) is 5.02 Å². The summed E-state index contributed by atoms with van der Waals surface area (Å²) < 4.78 is 19.8. The molecule has 1 nitrogen and oxygen atoms in total. The van der Waals surface area contributed by atoms with Gasteiger partial charge in [-0.3, -0.25) is 0 Å². The quantitative estimate of drug-likeness (QED) is 0.403. The minimum Gasteiger partial charge on any atom is -0.491 e. The van der Waals surface area contributed by atoms with E-state index in [1.54, 1.807) is 6.07 Å². The van der Waals surface area contributed by atoms with Crippen LogP contribution in [0, 0.1) is 23.6 Å². The van der Waals surface area contributed by atoms with E-state index in [1.165, 1.54) is 69.8 Å². The molecular formula is C29H38ClFO. The Morgan fingerprint density at radius 2 is 1.47 bits per heavy atom. The highest BCUT2D eigenvalue weighted by atomic mass is 35.5. The molecule has 32 heavy (non-hydrogen) atoms. The summed E-state index contributed by atoms with van der Waals surface area (Å²) in [5.41, 5.74) is 3.10. The van der Waals surface area contributed by atoms with E-state index >= 15 is 0 Å². The Morgan fingerprint density at radius 1 is 0.844 bits per heavy atom. The van der Waals surface area contributed by atoms with E-state index in [0.29, 0.717) is 12.5 Å². The maximum Gasteiger partial charge on any atom is 0.184 e. The summed E-state index contributed by atoms with van der Waals surface area (Å²) in [6.45, 7) is 4.58. The lowest BCUT2D eigenvalue weighted by atomic mass is 9.68. The average Bonchev–Trinajstić information content (AvgIpc) is 2.83. The minimum absolute atomic E-state index is 0.137. The number of halogens is 2. The largest absolute Gasteiger partial charge is 0.491 e. The lowest BCUT2D eigenvalue weighted by Crippen LogP contribution is -2.25. The fraction of sp³-hybridized carbons (Fsp3) is 0.586. The molecule has 0 unspecified atom stereocenters. The van der Waals surface area contributed by atoms with Gasteiger partial charge in [0.25, 0.3) is 0 Å². The van der Waals surface area contributed by atoms with E-state index in [9.17, 15) is 4.39 Å². The highest BCUT2D eigenvalue weighted by molar-refractivity contribution is 6.33. The molecule has 0 bridgehead atoms. The molecule has 174 valence electrons. The second-order valence-corrected chi connectivity index (χ2v) is 10.4. The fourth-order valence-corrected chi connectivity index (χ4v) is 6.50. The molecule has 2 fully saturated rings. The predicted octanol–water partition coefficient (Wildman–Crippen LogP) is 9.43. The second-order valence-electron chi connectivity index (χ2n) is 9.98. The van der Waals surface area contributed by atoms with Gasteiger partial charge < -0.3 is 4.74 Å². The van der Waals surface area contributed by atoms with E-state index in [1.807, 2.05) is 13.0 Å². The number of ether oxygens (including phenoxy) is 1. The molecule has 0 atom stereocenters. The van der Waals surface area contributed by atoms with Crippen molar-refractivity contribution in [3.8, 4) is 16.9 Å². The summed E-state index contributed by atoms with van der Waals surface area (Å²) in [4.78, 5) is 0. The zero-order valence-corrected chi connectivity index (χ0v) is 20.5. The molecule has 2 aliphatic rings. The SMILES string of the molecule is CCCC1CCC(C2CCC(c3ccc(-c4ccc(OCC)c(F)c4Cl)cc3)CC2)CC1. The third-order valence-corrected chi connectivity index (χ3v) is 8.44. The van der Waals surface area contributed by atoms with E-state index in [2.05, 4.69) is 31.2 Å². The first-order valence-electron chi connectivity index (χ1n) is 12.8. The first-order valence-corrected chi connectivity index (χ1v) is 13.2. The van der Waals surface area contributed by atoms with Crippen LogP contribution in [0.5, 0.6) is 5.75 Å². The van der Waals surface area contributed by atoms with Gasteiger partial charge in [-0.25, -0.2) is 4.39 Å². The molecule has 0 saturated heterocycles. The maximum atomic E-state index is 14.5. The summed E-state index contributed by atoms with van der Waals surface area (Å²) in [6, 6.07) is 12.2. The summed E-state index contributed by atoms with van der Waals surface area (Å²) in [5.74, 6) is 3.32. The molecule has 2 aliphatic carbocycles. The summed E-state index contributed by atoms with van der Waals surface area (Å²) in [6.07, 6.45) is 14.0. The van der Waals surface area contributed by atoms with E-state index < -0.39 is 5.82 Å². The zero-order valence-electron chi connectivity index (χ0n) is 19.7. The molecule has 0 aromatic heterocycles. The van der Waals surface area contributed by atoms with Crippen LogP contribution in [0.4, 0.5) is 4.39 Å². The van der Waals surface area contributed by atoms with Crippen molar-refractivity contribution in [3.63, 3.8) is 0 Å². The molecule has 3 heteroatoms. The fourth-order valence-electron chi connectivity index (χ4n) is 6.24. The molecule has 0 heterocycles. The van der Waals surface area contributed by atoms with Gasteiger partial charge in [0.2, 0.25) is 0 Å². The van der Waals surface area contributed by atoms with E-state index in [4.69, 9.17) is 16.3 Å². The van der Waals surface area contributed by atoms with Gasteiger partial charge >= 0.3 is 0 Å². The van der Waals surface area contributed by atoms with Crippen LogP contribution in [0.1, 0.15) is 89.5 Å². The molecule has 2 saturated carbocycles. The standard InChI is InChI=1S/C29H38ClFO/c1-3-5-20-6-8-21(9-7-20)22-10-12-23(13-11-22)24-14-16-25(17-15-24)26-18-19-27(32-4-2)29(31)28(26)30/h14-23H,3-13H2,1-2H3. The lowest BCUT2D eigenvalue weighted by Gasteiger charge is -2.38. The number of hydrogen-bond donors (Lipinski definition) is 0. The monoisotopic (exact) mass is 456 g/mol. The number of benzene rings is 2.